The van der Waals surface area contributed by atoms with Gasteiger partial charge in [-0.2, -0.15) is 0 Å². The van der Waals surface area contributed by atoms with Crippen LogP contribution in [0.3, 0.4) is 0 Å². The maximum absolute atomic E-state index is 5.80. The molecule has 0 saturated carbocycles. The molecule has 0 aliphatic rings. The molecular weight excluding hydrogens is 326 g/mol. The summed E-state index contributed by atoms with van der Waals surface area (Å²) >= 11 is 3.43. The van der Waals surface area contributed by atoms with E-state index >= 15 is 0 Å². The van der Waals surface area contributed by atoms with E-state index in [0.717, 1.165) is 22.5 Å². The lowest BCUT2D eigenvalue weighted by atomic mass is 9.98. The zero-order valence-corrected chi connectivity index (χ0v) is 14.4. The van der Waals surface area contributed by atoms with Gasteiger partial charge in [-0.15, -0.1) is 0 Å². The Hall–Kier alpha value is -1.48. The predicted molar refractivity (Wildman–Crippen MR) is 93.4 cm³/mol. The second kappa shape index (κ2) is 7.51. The number of rotatable bonds is 6. The molecule has 112 valence electrons. The summed E-state index contributed by atoms with van der Waals surface area (Å²) in [5.41, 5.74) is 3.78. The lowest BCUT2D eigenvalue weighted by molar-refractivity contribution is 0.332. The molecule has 1 N–H and O–H groups in total. The van der Waals surface area contributed by atoms with Crippen molar-refractivity contribution in [3.05, 3.63) is 58.1 Å². The third-order valence-corrected chi connectivity index (χ3v) is 3.94. The van der Waals surface area contributed by atoms with E-state index in [1.54, 1.807) is 0 Å². The van der Waals surface area contributed by atoms with Crippen molar-refractivity contribution in [2.75, 3.05) is 18.5 Å². The van der Waals surface area contributed by atoms with Gasteiger partial charge in [0.15, 0.2) is 0 Å². The number of hydrogen-bond acceptors (Lipinski definition) is 2. The molecule has 0 aliphatic heterocycles. The van der Waals surface area contributed by atoms with Gasteiger partial charge in [0, 0.05) is 16.7 Å². The first-order valence-electron chi connectivity index (χ1n) is 7.29. The molecule has 0 aromatic heterocycles. The summed E-state index contributed by atoms with van der Waals surface area (Å²) in [4.78, 5) is 0. The van der Waals surface area contributed by atoms with Crippen molar-refractivity contribution in [2.45, 2.75) is 26.7 Å². The number of aryl methyl sites for hydroxylation is 1. The molecule has 0 radical (unpaired) electrons. The van der Waals surface area contributed by atoms with Crippen molar-refractivity contribution in [2.24, 2.45) is 0 Å². The van der Waals surface area contributed by atoms with Crippen molar-refractivity contribution < 1.29 is 4.74 Å². The summed E-state index contributed by atoms with van der Waals surface area (Å²) in [5, 5.41) is 3.34. The SMILES string of the molecule is Cc1cc(OCCNc2ccc(Br)cc2)ccc1C(C)C. The van der Waals surface area contributed by atoms with Crippen LogP contribution in [0.5, 0.6) is 5.75 Å². The number of halogens is 1. The molecule has 2 nitrogen and oxygen atoms in total. The fourth-order valence-corrected chi connectivity index (χ4v) is 2.58. The van der Waals surface area contributed by atoms with Crippen LogP contribution >= 0.6 is 15.9 Å². The van der Waals surface area contributed by atoms with E-state index in [1.165, 1.54) is 11.1 Å². The van der Waals surface area contributed by atoms with Crippen molar-refractivity contribution in [1.82, 2.24) is 0 Å². The van der Waals surface area contributed by atoms with Crippen LogP contribution in [-0.4, -0.2) is 13.2 Å². The first kappa shape index (κ1) is 15.9. The molecule has 2 aromatic carbocycles. The van der Waals surface area contributed by atoms with Crippen molar-refractivity contribution in [3.63, 3.8) is 0 Å². The monoisotopic (exact) mass is 347 g/mol. The van der Waals surface area contributed by atoms with Crippen LogP contribution in [0.25, 0.3) is 0 Å². The standard InChI is InChI=1S/C18H22BrNO/c1-13(2)18-9-8-17(12-14(18)3)21-11-10-20-16-6-4-15(19)5-7-16/h4-9,12-13,20H,10-11H2,1-3H3. The van der Waals surface area contributed by atoms with Gasteiger partial charge >= 0.3 is 0 Å². The van der Waals surface area contributed by atoms with E-state index in [4.69, 9.17) is 4.74 Å². The van der Waals surface area contributed by atoms with Crippen LogP contribution in [0, 0.1) is 6.92 Å². The normalized spacial score (nSPS) is 10.7. The largest absolute Gasteiger partial charge is 0.492 e. The van der Waals surface area contributed by atoms with E-state index in [0.29, 0.717) is 12.5 Å². The molecule has 0 bridgehead atoms. The fourth-order valence-electron chi connectivity index (χ4n) is 2.32. The third-order valence-electron chi connectivity index (χ3n) is 3.41. The van der Waals surface area contributed by atoms with Crippen molar-refractivity contribution in [1.29, 1.82) is 0 Å². The van der Waals surface area contributed by atoms with Gasteiger partial charge in [-0.1, -0.05) is 35.8 Å². The highest BCUT2D eigenvalue weighted by atomic mass is 79.9. The predicted octanol–water partition coefficient (Wildman–Crippen LogP) is 5.37. The topological polar surface area (TPSA) is 21.3 Å². The Balaban J connectivity index is 1.81. The highest BCUT2D eigenvalue weighted by Crippen LogP contribution is 2.23. The van der Waals surface area contributed by atoms with Gasteiger partial charge in [0.1, 0.15) is 12.4 Å². The quantitative estimate of drug-likeness (QED) is 0.709. The molecule has 3 heteroatoms. The Morgan fingerprint density at radius 2 is 1.81 bits per heavy atom. The second-order valence-electron chi connectivity index (χ2n) is 5.46. The molecule has 0 amide bonds. The van der Waals surface area contributed by atoms with E-state index in [2.05, 4.69) is 60.2 Å². The Labute approximate surface area is 135 Å². The lowest BCUT2D eigenvalue weighted by Gasteiger charge is -2.13. The zero-order chi connectivity index (χ0) is 15.2. The summed E-state index contributed by atoms with van der Waals surface area (Å²) < 4.78 is 6.88. The van der Waals surface area contributed by atoms with Crippen LogP contribution in [0.4, 0.5) is 5.69 Å². The lowest BCUT2D eigenvalue weighted by Crippen LogP contribution is -2.11. The molecule has 0 atom stereocenters. The summed E-state index contributed by atoms with van der Waals surface area (Å²) in [5.74, 6) is 1.49. The minimum absolute atomic E-state index is 0.554. The summed E-state index contributed by atoms with van der Waals surface area (Å²) in [7, 11) is 0. The summed E-state index contributed by atoms with van der Waals surface area (Å²) in [6, 6.07) is 14.5. The van der Waals surface area contributed by atoms with Crippen LogP contribution in [0.1, 0.15) is 30.9 Å². The van der Waals surface area contributed by atoms with Crippen molar-refractivity contribution >= 4 is 21.6 Å². The highest BCUT2D eigenvalue weighted by molar-refractivity contribution is 9.10. The Kier molecular flexibility index (Phi) is 5.68. The highest BCUT2D eigenvalue weighted by Gasteiger charge is 2.04. The number of ether oxygens (including phenoxy) is 1. The average Bonchev–Trinajstić information content (AvgIpc) is 2.45. The van der Waals surface area contributed by atoms with Gasteiger partial charge in [-0.25, -0.2) is 0 Å². The van der Waals surface area contributed by atoms with Gasteiger partial charge in [0.25, 0.3) is 0 Å². The average molecular weight is 348 g/mol. The van der Waals surface area contributed by atoms with E-state index < -0.39 is 0 Å². The van der Waals surface area contributed by atoms with E-state index in [9.17, 15) is 0 Å². The van der Waals surface area contributed by atoms with Gasteiger partial charge < -0.3 is 10.1 Å². The van der Waals surface area contributed by atoms with Crippen LogP contribution in [0.2, 0.25) is 0 Å². The van der Waals surface area contributed by atoms with E-state index in [-0.39, 0.29) is 0 Å². The van der Waals surface area contributed by atoms with Gasteiger partial charge in [0.2, 0.25) is 0 Å². The molecule has 0 saturated heterocycles. The number of nitrogens with one attached hydrogen (secondary N) is 1. The molecule has 0 aliphatic carbocycles. The Morgan fingerprint density at radius 1 is 1.10 bits per heavy atom. The first-order valence-corrected chi connectivity index (χ1v) is 8.08. The van der Waals surface area contributed by atoms with Crippen molar-refractivity contribution in [3.8, 4) is 5.75 Å². The first-order chi connectivity index (χ1) is 10.1. The smallest absolute Gasteiger partial charge is 0.119 e. The number of hydrogen-bond donors (Lipinski definition) is 1. The molecule has 2 rings (SSSR count). The molecule has 2 aromatic rings. The molecule has 0 unspecified atom stereocenters. The summed E-state index contributed by atoms with van der Waals surface area (Å²) in [6.07, 6.45) is 0. The van der Waals surface area contributed by atoms with E-state index in [1.807, 2.05) is 24.3 Å². The third kappa shape index (κ3) is 4.78. The maximum atomic E-state index is 5.80. The molecule has 0 fully saturated rings. The molecular formula is C18H22BrNO. The van der Waals surface area contributed by atoms with Gasteiger partial charge in [-0.05, 0) is 60.4 Å². The molecule has 21 heavy (non-hydrogen) atoms. The van der Waals surface area contributed by atoms with Gasteiger partial charge in [-0.3, -0.25) is 0 Å². The minimum Gasteiger partial charge on any atom is -0.492 e. The van der Waals surface area contributed by atoms with Crippen LogP contribution in [0.15, 0.2) is 46.9 Å². The van der Waals surface area contributed by atoms with Crippen LogP contribution < -0.4 is 10.1 Å². The minimum atomic E-state index is 0.554. The molecule has 0 heterocycles. The second-order valence-corrected chi connectivity index (χ2v) is 6.37. The fraction of sp³-hybridized carbons (Fsp3) is 0.333. The van der Waals surface area contributed by atoms with Crippen LogP contribution in [-0.2, 0) is 0 Å². The number of anilines is 1. The Morgan fingerprint density at radius 3 is 2.43 bits per heavy atom. The summed E-state index contributed by atoms with van der Waals surface area (Å²) in [6.45, 7) is 8.00. The molecule has 0 spiro atoms. The maximum Gasteiger partial charge on any atom is 0.119 e. The zero-order valence-electron chi connectivity index (χ0n) is 12.8. The Bertz CT molecular complexity index is 578. The van der Waals surface area contributed by atoms with Gasteiger partial charge in [0.05, 0.1) is 0 Å². The number of benzene rings is 2.